The van der Waals surface area contributed by atoms with Crippen LogP contribution in [0.3, 0.4) is 0 Å². The van der Waals surface area contributed by atoms with Crippen molar-refractivity contribution in [1.82, 2.24) is 0 Å². The number of rotatable bonds is 3. The van der Waals surface area contributed by atoms with Crippen LogP contribution in [0.5, 0.6) is 0 Å². The average molecular weight is 168 g/mol. The molecule has 9 heavy (non-hydrogen) atoms. The molecule has 0 aromatic rings. The van der Waals surface area contributed by atoms with Crippen LogP contribution in [-0.4, -0.2) is 9.29 Å². The molecule has 0 aliphatic rings. The minimum atomic E-state index is -3.30. The Hall–Kier alpha value is 0.434. The van der Waals surface area contributed by atoms with E-state index in [1.54, 1.807) is 13.8 Å². The summed E-state index contributed by atoms with van der Waals surface area (Å²) in [7, 11) is 0. The molecule has 0 aliphatic heterocycles. The van der Waals surface area contributed by atoms with Gasteiger partial charge in [0.2, 0.25) is 0 Å². The molecule has 54 valence electrons. The molecular weight excluding hydrogens is 156 g/mol. The zero-order valence-electron chi connectivity index (χ0n) is 5.97. The molecular formula is C5H12O3Ti. The summed E-state index contributed by atoms with van der Waals surface area (Å²) < 4.78 is 23.4. The summed E-state index contributed by atoms with van der Waals surface area (Å²) in [5, 5.41) is 0. The van der Waals surface area contributed by atoms with E-state index >= 15 is 0 Å². The summed E-state index contributed by atoms with van der Waals surface area (Å²) in [4.78, 5) is 0. The van der Waals surface area contributed by atoms with Gasteiger partial charge in [0, 0.05) is 0 Å². The van der Waals surface area contributed by atoms with E-state index < -0.39 is 24.2 Å². The van der Waals surface area contributed by atoms with Crippen LogP contribution in [0.4, 0.5) is 0 Å². The molecule has 0 heterocycles. The Morgan fingerprint density at radius 1 is 1.67 bits per heavy atom. The maximum absolute atomic E-state index is 10.2. The van der Waals surface area contributed by atoms with Crippen molar-refractivity contribution in [1.29, 1.82) is 0 Å². The van der Waals surface area contributed by atoms with Crippen molar-refractivity contribution in [3.8, 4) is 0 Å². The predicted molar refractivity (Wildman–Crippen MR) is 28.4 cm³/mol. The van der Waals surface area contributed by atoms with Gasteiger partial charge in [-0.15, -0.1) is 0 Å². The van der Waals surface area contributed by atoms with Gasteiger partial charge in [0.1, 0.15) is 0 Å². The van der Waals surface area contributed by atoms with Crippen molar-refractivity contribution < 1.29 is 28.9 Å². The van der Waals surface area contributed by atoms with Gasteiger partial charge in [0.15, 0.2) is 0 Å². The monoisotopic (exact) mass is 168 g/mol. The van der Waals surface area contributed by atoms with Gasteiger partial charge in [-0.3, -0.25) is 0 Å². The summed E-state index contributed by atoms with van der Waals surface area (Å²) in [5.74, 6) is 0. The van der Waals surface area contributed by atoms with E-state index in [1.807, 2.05) is 6.92 Å². The Morgan fingerprint density at radius 3 is 2.22 bits per heavy atom. The van der Waals surface area contributed by atoms with Crippen molar-refractivity contribution in [3.63, 3.8) is 0 Å². The zero-order chi connectivity index (χ0) is 7.49. The molecule has 0 saturated carbocycles. The molecule has 0 aromatic carbocycles. The average Bonchev–Trinajstić information content (AvgIpc) is 1.63. The second-order valence-corrected chi connectivity index (χ2v) is 3.63. The second kappa shape index (κ2) is 3.57. The molecule has 4 heteroatoms. The van der Waals surface area contributed by atoms with Gasteiger partial charge in [0.05, 0.1) is 0 Å². The van der Waals surface area contributed by atoms with Crippen molar-refractivity contribution in [2.45, 2.75) is 32.8 Å². The van der Waals surface area contributed by atoms with E-state index in [-0.39, 0.29) is 0 Å². The quantitative estimate of drug-likeness (QED) is 0.638. The Morgan fingerprint density at radius 2 is 2.11 bits per heavy atom. The van der Waals surface area contributed by atoms with Gasteiger partial charge >= 0.3 is 61.7 Å². The summed E-state index contributed by atoms with van der Waals surface area (Å²) in [6.45, 7) is 5.52. The first-order chi connectivity index (χ1) is 3.98. The zero-order valence-corrected chi connectivity index (χ0v) is 7.53. The van der Waals surface area contributed by atoms with E-state index in [0.717, 1.165) is 6.42 Å². The van der Waals surface area contributed by atoms with Gasteiger partial charge in [-0.05, 0) is 0 Å². The maximum atomic E-state index is 10.2. The molecule has 0 unspecified atom stereocenters. The van der Waals surface area contributed by atoms with Crippen molar-refractivity contribution in [2.75, 3.05) is 0 Å². The fourth-order valence-corrected chi connectivity index (χ4v) is 1.27. The van der Waals surface area contributed by atoms with Gasteiger partial charge < -0.3 is 0 Å². The van der Waals surface area contributed by atoms with Gasteiger partial charge in [-0.2, -0.15) is 0 Å². The van der Waals surface area contributed by atoms with Crippen LogP contribution in [-0.2, 0) is 25.3 Å². The van der Waals surface area contributed by atoms with Crippen molar-refractivity contribution in [3.05, 3.63) is 0 Å². The van der Waals surface area contributed by atoms with E-state index in [9.17, 15) is 3.32 Å². The minimum absolute atomic E-state index is 0.425. The number of hydrogen-bond donors (Lipinski definition) is 1. The molecule has 0 saturated heterocycles. The van der Waals surface area contributed by atoms with Crippen LogP contribution in [0.1, 0.15) is 27.2 Å². The Bertz CT molecular complexity index is 111. The van der Waals surface area contributed by atoms with E-state index in [4.69, 9.17) is 7.01 Å². The van der Waals surface area contributed by atoms with Crippen LogP contribution in [0.2, 0.25) is 0 Å². The summed E-state index contributed by atoms with van der Waals surface area (Å²) in [6.07, 6.45) is 0.756. The normalized spacial score (nSPS) is 11.6. The molecule has 0 aromatic heterocycles. The molecule has 0 atom stereocenters. The first kappa shape index (κ1) is 9.43. The van der Waals surface area contributed by atoms with Crippen LogP contribution in [0.15, 0.2) is 0 Å². The fraction of sp³-hybridized carbons (Fsp3) is 1.00. The summed E-state index contributed by atoms with van der Waals surface area (Å²) in [6, 6.07) is 0. The molecule has 0 rings (SSSR count). The molecule has 0 aliphatic carbocycles. The first-order valence-corrected chi connectivity index (χ1v) is 4.87. The Kier molecular flexibility index (Phi) is 3.74. The summed E-state index contributed by atoms with van der Waals surface area (Å²) in [5.41, 5.74) is -0.425. The molecule has 1 N–H and O–H groups in total. The molecule has 0 amide bonds. The third kappa shape index (κ3) is 4.91. The topological polar surface area (TPSA) is 46.5 Å². The molecule has 0 bridgehead atoms. The van der Waals surface area contributed by atoms with Crippen LogP contribution in [0.25, 0.3) is 0 Å². The predicted octanol–water partition coefficient (Wildman–Crippen LogP) is 0.978. The fourth-order valence-electron chi connectivity index (χ4n) is 0.309. The van der Waals surface area contributed by atoms with Crippen LogP contribution < -0.4 is 0 Å². The van der Waals surface area contributed by atoms with Gasteiger partial charge in [-0.25, -0.2) is 0 Å². The van der Waals surface area contributed by atoms with Crippen LogP contribution >= 0.6 is 0 Å². The number of hydrogen-bond acceptors (Lipinski definition) is 2. The third-order valence-corrected chi connectivity index (χ3v) is 2.35. The van der Waals surface area contributed by atoms with Gasteiger partial charge in [-0.1, -0.05) is 0 Å². The molecule has 0 radical (unpaired) electrons. The second-order valence-electron chi connectivity index (χ2n) is 2.48. The SMILES string of the molecule is CCC(C)(C)[O][Ti](=[O])[OH]. The molecule has 3 nitrogen and oxygen atoms in total. The standard InChI is InChI=1S/C5H11O.H2O.O.Ti/c1-4-5(2,3)6;;;/h4H2,1-3H3;1H2;;/q-1;;;+2/p-1. The van der Waals surface area contributed by atoms with E-state index in [0.29, 0.717) is 0 Å². The Labute approximate surface area is 62.1 Å². The van der Waals surface area contributed by atoms with Crippen molar-refractivity contribution >= 4 is 0 Å². The third-order valence-electron chi connectivity index (χ3n) is 1.22. The van der Waals surface area contributed by atoms with Gasteiger partial charge in [0.25, 0.3) is 0 Å². The summed E-state index contributed by atoms with van der Waals surface area (Å²) >= 11 is -3.30. The van der Waals surface area contributed by atoms with Crippen molar-refractivity contribution in [2.24, 2.45) is 0 Å². The molecule has 0 spiro atoms. The first-order valence-electron chi connectivity index (χ1n) is 2.90. The molecule has 0 fully saturated rings. The van der Waals surface area contributed by atoms with E-state index in [1.165, 1.54) is 0 Å². The van der Waals surface area contributed by atoms with E-state index in [2.05, 4.69) is 0 Å². The Balaban J connectivity index is 3.71. The van der Waals surface area contributed by atoms with Crippen LogP contribution in [0, 0.1) is 0 Å².